The highest BCUT2D eigenvalue weighted by Crippen LogP contribution is 2.63. The Balaban J connectivity index is 1.20. The lowest BCUT2D eigenvalue weighted by Gasteiger charge is -2.51. The number of aromatic nitrogens is 1. The highest BCUT2D eigenvalue weighted by Gasteiger charge is 2.71. The van der Waals surface area contributed by atoms with Gasteiger partial charge in [0.1, 0.15) is 11.5 Å². The number of rotatable bonds is 5. The summed E-state index contributed by atoms with van der Waals surface area (Å²) in [6.45, 7) is 0. The molecule has 6 atom stereocenters. The average molecular weight is 808 g/mol. The van der Waals surface area contributed by atoms with Crippen molar-refractivity contribution in [3.8, 4) is 11.5 Å². The normalized spacial score (nSPS) is 28.9. The first-order chi connectivity index (χ1) is 26.8. The quantitative estimate of drug-likeness (QED) is 0.198. The molecule has 2 saturated carbocycles. The molecule has 3 aliphatic heterocycles. The molecule has 15 heteroatoms. The van der Waals surface area contributed by atoms with Crippen LogP contribution < -0.4 is 10.2 Å². The molecule has 3 aromatic rings. The lowest BCUT2D eigenvalue weighted by atomic mass is 9.48. The number of carbonyl (C=O) groups is 4. The number of aromatic hydroxyl groups is 1. The van der Waals surface area contributed by atoms with E-state index in [4.69, 9.17) is 27.9 Å². The topological polar surface area (TPSA) is 129 Å². The Kier molecular flexibility index (Phi) is 8.77. The smallest absolute Gasteiger partial charge is 0.417 e. The molecule has 2 aromatic carbocycles. The summed E-state index contributed by atoms with van der Waals surface area (Å²) in [5, 5.41) is 11.1. The van der Waals surface area contributed by atoms with Gasteiger partial charge in [-0.05, 0) is 79.1 Å². The van der Waals surface area contributed by atoms with Crippen molar-refractivity contribution in [2.45, 2.75) is 69.0 Å². The molecule has 2 N–H and O–H groups in total. The number of nitrogens with zero attached hydrogens (tertiary/aromatic N) is 3. The van der Waals surface area contributed by atoms with Crippen LogP contribution in [0.25, 0.3) is 0 Å². The largest absolute Gasteiger partial charge is 0.508 e. The molecule has 10 nitrogen and oxygen atoms in total. The zero-order valence-electron chi connectivity index (χ0n) is 29.7. The van der Waals surface area contributed by atoms with Crippen LogP contribution in [0.2, 0.25) is 10.0 Å². The van der Waals surface area contributed by atoms with Gasteiger partial charge < -0.3 is 9.84 Å². The minimum Gasteiger partial charge on any atom is -0.508 e. The number of carbonyl (C=O) groups excluding carboxylic acids is 4. The zero-order chi connectivity index (χ0) is 39.3. The van der Waals surface area contributed by atoms with E-state index in [0.717, 1.165) is 42.7 Å². The van der Waals surface area contributed by atoms with Crippen molar-refractivity contribution >= 4 is 52.6 Å². The maximum Gasteiger partial charge on any atom is 0.417 e. The first-order valence-electron chi connectivity index (χ1n) is 18.7. The van der Waals surface area contributed by atoms with Gasteiger partial charge in [0.05, 0.1) is 40.0 Å². The van der Waals surface area contributed by atoms with Crippen LogP contribution in [0.15, 0.2) is 78.2 Å². The average Bonchev–Trinajstić information content (AvgIpc) is 3.56. The third kappa shape index (κ3) is 5.55. The molecule has 290 valence electrons. The van der Waals surface area contributed by atoms with Gasteiger partial charge in [0.2, 0.25) is 11.8 Å². The van der Waals surface area contributed by atoms with Crippen molar-refractivity contribution in [2.75, 3.05) is 5.43 Å². The molecular weight excluding hydrogens is 772 g/mol. The summed E-state index contributed by atoms with van der Waals surface area (Å²) >= 11 is 12.7. The third-order valence-electron chi connectivity index (χ3n) is 12.7. The summed E-state index contributed by atoms with van der Waals surface area (Å²) in [6.07, 6.45) is 4.12. The Labute approximate surface area is 329 Å². The number of hydrogen-bond acceptors (Lipinski definition) is 8. The molecule has 1 aromatic heterocycles. The number of halogens is 5. The number of anilines is 1. The number of fused-ring (bicyclic) bond motifs is 5. The highest BCUT2D eigenvalue weighted by atomic mass is 35.5. The highest BCUT2D eigenvalue weighted by molar-refractivity contribution is 6.33. The maximum atomic E-state index is 15.4. The van der Waals surface area contributed by atoms with Gasteiger partial charge in [-0.2, -0.15) is 18.2 Å². The molecule has 9 rings (SSSR count). The molecule has 2 saturated heterocycles. The first kappa shape index (κ1) is 36.7. The number of phenols is 1. The molecule has 4 heterocycles. The van der Waals surface area contributed by atoms with Crippen LogP contribution in [0.3, 0.4) is 0 Å². The van der Waals surface area contributed by atoms with Crippen molar-refractivity contribution in [1.82, 2.24) is 14.9 Å². The van der Waals surface area contributed by atoms with E-state index in [1.54, 1.807) is 42.7 Å². The molecule has 3 aliphatic carbocycles. The van der Waals surface area contributed by atoms with Crippen molar-refractivity contribution in [3.05, 3.63) is 105 Å². The van der Waals surface area contributed by atoms with Crippen molar-refractivity contribution < 1.29 is 42.2 Å². The van der Waals surface area contributed by atoms with Crippen molar-refractivity contribution in [3.63, 3.8) is 0 Å². The van der Waals surface area contributed by atoms with Crippen LogP contribution in [-0.4, -0.2) is 49.7 Å². The molecule has 0 spiro atoms. The number of likely N-dealkylation sites (tertiary alicyclic amines) is 1. The monoisotopic (exact) mass is 806 g/mol. The van der Waals surface area contributed by atoms with Crippen molar-refractivity contribution in [2.24, 2.45) is 29.6 Å². The number of phenolic OH excluding ortho intramolecular Hbond substituents is 1. The van der Waals surface area contributed by atoms with E-state index in [1.165, 1.54) is 11.0 Å². The van der Waals surface area contributed by atoms with Gasteiger partial charge in [0.15, 0.2) is 5.82 Å². The number of benzene rings is 2. The molecule has 4 amide bonds. The van der Waals surface area contributed by atoms with Gasteiger partial charge in [-0.1, -0.05) is 66.2 Å². The number of alkyl halides is 3. The lowest BCUT2D eigenvalue weighted by Crippen LogP contribution is -2.55. The Morgan fingerprint density at radius 2 is 1.68 bits per heavy atom. The van der Waals surface area contributed by atoms with E-state index in [9.17, 15) is 32.7 Å². The van der Waals surface area contributed by atoms with E-state index < -0.39 is 63.6 Å². The van der Waals surface area contributed by atoms with E-state index in [2.05, 4.69) is 10.4 Å². The SMILES string of the molecule is O=C1C2CC3C(=CCC4C(=O)N(C5CCCCC5)C(=O)C43)C(C3=COc4ccc(O)cc4C3)C2(c2ccc(Cl)cc2)C(=O)N1Nc1ncc(C(F)(F)F)cc1Cl. The molecule has 56 heavy (non-hydrogen) atoms. The standard InChI is InChI=1S/C41H35Cl2F3N4O6/c42-24-8-6-22(7-9-24)40-30(37(53)50(39(40)55)48-35-31(43)16-23(18-47-35)41(44,45)46)17-29-27(34(40)21-14-20-15-26(51)10-13-32(20)56-19-21)11-12-28-33(29)38(54)49(36(28)52)25-4-2-1-3-5-25/h6-11,13,15-16,18-19,25,28-30,33-34,51H,1-5,12,14,17H2,(H,47,48). The van der Waals surface area contributed by atoms with Crippen LogP contribution in [0.4, 0.5) is 19.0 Å². The Bertz CT molecular complexity index is 2260. The Morgan fingerprint density at radius 1 is 0.929 bits per heavy atom. The lowest BCUT2D eigenvalue weighted by molar-refractivity contribution is -0.144. The van der Waals surface area contributed by atoms with Gasteiger partial charge >= 0.3 is 6.18 Å². The second-order valence-corrected chi connectivity index (χ2v) is 16.4. The molecule has 4 fully saturated rings. The predicted molar refractivity (Wildman–Crippen MR) is 197 cm³/mol. The number of allylic oxidation sites excluding steroid dienone is 3. The van der Waals surface area contributed by atoms with Crippen LogP contribution in [-0.2, 0) is 37.2 Å². The Hall–Kier alpha value is -4.88. The number of hydrogen-bond donors (Lipinski definition) is 2. The van der Waals surface area contributed by atoms with E-state index in [0.29, 0.717) is 39.7 Å². The van der Waals surface area contributed by atoms with Crippen molar-refractivity contribution in [1.29, 1.82) is 0 Å². The van der Waals surface area contributed by atoms with Gasteiger partial charge in [0.25, 0.3) is 11.8 Å². The summed E-state index contributed by atoms with van der Waals surface area (Å²) in [5.41, 5.74) is 2.22. The zero-order valence-corrected chi connectivity index (χ0v) is 31.2. The number of imide groups is 2. The molecular formula is C41H35Cl2F3N4O6. The Morgan fingerprint density at radius 3 is 2.39 bits per heavy atom. The number of hydrazine groups is 1. The molecule has 0 bridgehead atoms. The number of pyridine rings is 1. The van der Waals surface area contributed by atoms with Crippen LogP contribution >= 0.6 is 23.2 Å². The van der Waals surface area contributed by atoms with Gasteiger partial charge in [0, 0.05) is 35.2 Å². The number of ether oxygens (including phenoxy) is 1. The second-order valence-electron chi connectivity index (χ2n) is 15.5. The first-order valence-corrected chi connectivity index (χ1v) is 19.4. The summed E-state index contributed by atoms with van der Waals surface area (Å²) in [4.78, 5) is 64.3. The fourth-order valence-corrected chi connectivity index (χ4v) is 10.7. The van der Waals surface area contributed by atoms with E-state index >= 15 is 4.79 Å². The number of amides is 4. The summed E-state index contributed by atoms with van der Waals surface area (Å²) in [7, 11) is 0. The minimum absolute atomic E-state index is 0.00132. The fraction of sp³-hybridized carbons (Fsp3) is 0.390. The van der Waals surface area contributed by atoms with Crippen LogP contribution in [0.5, 0.6) is 11.5 Å². The third-order valence-corrected chi connectivity index (χ3v) is 13.2. The van der Waals surface area contributed by atoms with Gasteiger partial charge in [-0.15, -0.1) is 0 Å². The van der Waals surface area contributed by atoms with E-state index in [1.807, 2.05) is 6.08 Å². The fourth-order valence-electron chi connectivity index (χ4n) is 10.3. The molecule has 6 unspecified atom stereocenters. The predicted octanol–water partition coefficient (Wildman–Crippen LogP) is 7.78. The molecule has 6 aliphatic rings. The van der Waals surface area contributed by atoms with Crippen LogP contribution in [0.1, 0.15) is 61.6 Å². The number of nitrogens with one attached hydrogen (secondary N) is 1. The summed E-state index contributed by atoms with van der Waals surface area (Å²) in [6, 6.07) is 11.7. The summed E-state index contributed by atoms with van der Waals surface area (Å²) < 4.78 is 46.7. The van der Waals surface area contributed by atoms with Gasteiger partial charge in [-0.3, -0.25) is 29.5 Å². The summed E-state index contributed by atoms with van der Waals surface area (Å²) in [5.74, 6) is -5.82. The minimum atomic E-state index is -4.74. The van der Waals surface area contributed by atoms with Gasteiger partial charge in [-0.25, -0.2) is 4.98 Å². The van der Waals surface area contributed by atoms with Crippen LogP contribution in [0, 0.1) is 29.6 Å². The van der Waals surface area contributed by atoms with E-state index in [-0.39, 0.29) is 48.7 Å². The second kappa shape index (κ2) is 13.4. The maximum absolute atomic E-state index is 15.4. The molecule has 0 radical (unpaired) electrons.